The van der Waals surface area contributed by atoms with Gasteiger partial charge in [0.05, 0.1) is 0 Å². The lowest BCUT2D eigenvalue weighted by atomic mass is 10.2. The fraction of sp³-hybridized carbons (Fsp3) is 0.579. The third-order valence-corrected chi connectivity index (χ3v) is 4.32. The number of hydrogen-bond donors (Lipinski definition) is 2. The van der Waals surface area contributed by atoms with Crippen LogP contribution in [0.25, 0.3) is 0 Å². The van der Waals surface area contributed by atoms with Crippen molar-refractivity contribution in [2.24, 2.45) is 10.7 Å². The van der Waals surface area contributed by atoms with Gasteiger partial charge < -0.3 is 25.6 Å². The van der Waals surface area contributed by atoms with Gasteiger partial charge in [-0.25, -0.2) is 4.79 Å². The number of guanidine groups is 1. The summed E-state index contributed by atoms with van der Waals surface area (Å²) >= 11 is 5.94. The molecular formula is C19H31ClIN5O2. The lowest BCUT2D eigenvalue weighted by Gasteiger charge is -2.36. The Kier molecular flexibility index (Phi) is 10.2. The van der Waals surface area contributed by atoms with Crippen molar-refractivity contribution in [2.75, 3.05) is 44.2 Å². The number of nitrogens with two attached hydrogens (primary N) is 1. The van der Waals surface area contributed by atoms with Crippen LogP contribution in [0.1, 0.15) is 27.2 Å². The number of carbonyl (C=O) groups is 1. The largest absolute Gasteiger partial charge is 0.444 e. The molecule has 1 fully saturated rings. The lowest BCUT2D eigenvalue weighted by Crippen LogP contribution is -2.51. The summed E-state index contributed by atoms with van der Waals surface area (Å²) in [6.07, 6.45) is 0.308. The maximum Gasteiger partial charge on any atom is 0.407 e. The fourth-order valence-electron chi connectivity index (χ4n) is 2.72. The van der Waals surface area contributed by atoms with Crippen molar-refractivity contribution in [3.05, 3.63) is 29.3 Å². The van der Waals surface area contributed by atoms with Crippen LogP contribution < -0.4 is 16.0 Å². The van der Waals surface area contributed by atoms with E-state index in [1.165, 1.54) is 5.69 Å². The van der Waals surface area contributed by atoms with Gasteiger partial charge in [0.15, 0.2) is 5.96 Å². The first-order valence-corrected chi connectivity index (χ1v) is 9.64. The quantitative estimate of drug-likeness (QED) is 0.268. The normalized spacial score (nSPS) is 15.1. The zero-order valence-corrected chi connectivity index (χ0v) is 19.9. The van der Waals surface area contributed by atoms with Gasteiger partial charge in [0.2, 0.25) is 0 Å². The highest BCUT2D eigenvalue weighted by molar-refractivity contribution is 14.0. The summed E-state index contributed by atoms with van der Waals surface area (Å²) in [5.41, 5.74) is 6.79. The second kappa shape index (κ2) is 11.5. The highest BCUT2D eigenvalue weighted by Gasteiger charge is 2.18. The number of aliphatic imine (C=N–C) groups is 1. The third-order valence-electron chi connectivity index (χ3n) is 4.07. The molecule has 9 heteroatoms. The molecule has 158 valence electrons. The van der Waals surface area contributed by atoms with E-state index < -0.39 is 11.7 Å². The molecule has 28 heavy (non-hydrogen) atoms. The van der Waals surface area contributed by atoms with Crippen molar-refractivity contribution < 1.29 is 9.53 Å². The van der Waals surface area contributed by atoms with Gasteiger partial charge in [-0.3, -0.25) is 4.99 Å². The number of rotatable bonds is 5. The molecule has 3 N–H and O–H groups in total. The molecule has 1 aliphatic rings. The SMILES string of the molecule is CC(C)(C)OC(=O)NCCCN=C(N)N1CCN(c2ccc(Cl)cc2)CC1.I. The molecule has 0 aromatic heterocycles. The molecule has 0 radical (unpaired) electrons. The second-order valence-electron chi connectivity index (χ2n) is 7.47. The van der Waals surface area contributed by atoms with E-state index in [-0.39, 0.29) is 24.0 Å². The van der Waals surface area contributed by atoms with E-state index >= 15 is 0 Å². The molecule has 0 spiro atoms. The van der Waals surface area contributed by atoms with Gasteiger partial charge in [0.25, 0.3) is 0 Å². The summed E-state index contributed by atoms with van der Waals surface area (Å²) in [6.45, 7) is 10.0. The molecule has 1 aromatic carbocycles. The molecule has 0 aliphatic carbocycles. The third kappa shape index (κ3) is 8.72. The minimum Gasteiger partial charge on any atom is -0.444 e. The standard InChI is InChI=1S/C19H30ClN5O2.HI/c1-19(2,3)27-18(26)23-10-4-9-22-17(21)25-13-11-24(12-14-25)16-7-5-15(20)6-8-16;/h5-8H,4,9-14H2,1-3H3,(H2,21,22)(H,23,26);1H. The first-order chi connectivity index (χ1) is 12.7. The Morgan fingerprint density at radius 1 is 1.21 bits per heavy atom. The molecule has 0 unspecified atom stereocenters. The highest BCUT2D eigenvalue weighted by Crippen LogP contribution is 2.19. The van der Waals surface area contributed by atoms with Gasteiger partial charge in [0, 0.05) is 50.0 Å². The maximum atomic E-state index is 11.6. The molecule has 1 heterocycles. The van der Waals surface area contributed by atoms with E-state index in [1.54, 1.807) is 0 Å². The first kappa shape index (κ1) is 24.6. The van der Waals surface area contributed by atoms with Gasteiger partial charge >= 0.3 is 6.09 Å². The zero-order chi connectivity index (χ0) is 19.9. The smallest absolute Gasteiger partial charge is 0.407 e. The molecule has 7 nitrogen and oxygen atoms in total. The monoisotopic (exact) mass is 523 g/mol. The van der Waals surface area contributed by atoms with Crippen LogP contribution in [0.2, 0.25) is 5.02 Å². The second-order valence-corrected chi connectivity index (χ2v) is 7.91. The minimum absolute atomic E-state index is 0. The zero-order valence-electron chi connectivity index (χ0n) is 16.8. The van der Waals surface area contributed by atoms with Gasteiger partial charge in [-0.05, 0) is 51.5 Å². The Labute approximate surface area is 189 Å². The van der Waals surface area contributed by atoms with Crippen molar-refractivity contribution in [2.45, 2.75) is 32.8 Å². The van der Waals surface area contributed by atoms with Crippen LogP contribution in [-0.2, 0) is 4.74 Å². The lowest BCUT2D eigenvalue weighted by molar-refractivity contribution is 0.0527. The highest BCUT2D eigenvalue weighted by atomic mass is 127. The summed E-state index contributed by atoms with van der Waals surface area (Å²) in [5, 5.41) is 3.46. The topological polar surface area (TPSA) is 83.2 Å². The van der Waals surface area contributed by atoms with Crippen molar-refractivity contribution >= 4 is 53.3 Å². The number of nitrogens with zero attached hydrogens (tertiary/aromatic N) is 3. The average molecular weight is 524 g/mol. The number of halogens is 2. The predicted molar refractivity (Wildman–Crippen MR) is 126 cm³/mol. The molecule has 1 saturated heterocycles. The Balaban J connectivity index is 0.00000392. The number of carbonyl (C=O) groups excluding carboxylic acids is 1. The van der Waals surface area contributed by atoms with Crippen LogP contribution >= 0.6 is 35.6 Å². The van der Waals surface area contributed by atoms with E-state index in [2.05, 4.69) is 20.1 Å². The van der Waals surface area contributed by atoms with Crippen molar-refractivity contribution in [1.29, 1.82) is 0 Å². The summed E-state index contributed by atoms with van der Waals surface area (Å²) < 4.78 is 5.18. The Bertz CT molecular complexity index is 641. The Morgan fingerprint density at radius 2 is 1.82 bits per heavy atom. The van der Waals surface area contributed by atoms with E-state index in [9.17, 15) is 4.79 Å². The molecule has 0 saturated carbocycles. The van der Waals surface area contributed by atoms with Crippen molar-refractivity contribution in [3.63, 3.8) is 0 Å². The summed E-state index contributed by atoms with van der Waals surface area (Å²) in [4.78, 5) is 20.4. The number of alkyl carbamates (subject to hydrolysis) is 1. The summed E-state index contributed by atoms with van der Waals surface area (Å²) in [7, 11) is 0. The molecular weight excluding hydrogens is 493 g/mol. The summed E-state index contributed by atoms with van der Waals surface area (Å²) in [5.74, 6) is 0.558. The van der Waals surface area contributed by atoms with Gasteiger partial charge in [-0.1, -0.05) is 11.6 Å². The first-order valence-electron chi connectivity index (χ1n) is 9.27. The van der Waals surface area contributed by atoms with Crippen LogP contribution in [0.5, 0.6) is 0 Å². The van der Waals surface area contributed by atoms with Crippen LogP contribution in [0.4, 0.5) is 10.5 Å². The predicted octanol–water partition coefficient (Wildman–Crippen LogP) is 3.31. The minimum atomic E-state index is -0.485. The number of hydrogen-bond acceptors (Lipinski definition) is 4. The van der Waals surface area contributed by atoms with E-state index in [0.29, 0.717) is 25.5 Å². The number of anilines is 1. The number of benzene rings is 1. The maximum absolute atomic E-state index is 11.6. The number of ether oxygens (including phenoxy) is 1. The molecule has 2 rings (SSSR count). The van der Waals surface area contributed by atoms with Crippen LogP contribution in [0, 0.1) is 0 Å². The van der Waals surface area contributed by atoms with Gasteiger partial charge in [-0.15, -0.1) is 24.0 Å². The van der Waals surface area contributed by atoms with Gasteiger partial charge in [0.1, 0.15) is 5.60 Å². The number of piperazine rings is 1. The van der Waals surface area contributed by atoms with Crippen LogP contribution in [-0.4, -0.2) is 61.8 Å². The molecule has 1 aromatic rings. The number of nitrogens with one attached hydrogen (secondary N) is 1. The van der Waals surface area contributed by atoms with Crippen molar-refractivity contribution in [1.82, 2.24) is 10.2 Å². The van der Waals surface area contributed by atoms with Crippen molar-refractivity contribution in [3.8, 4) is 0 Å². The summed E-state index contributed by atoms with van der Waals surface area (Å²) in [6, 6.07) is 7.88. The average Bonchev–Trinajstić information content (AvgIpc) is 2.60. The van der Waals surface area contributed by atoms with E-state index in [0.717, 1.165) is 31.2 Å². The van der Waals surface area contributed by atoms with Crippen LogP contribution in [0.15, 0.2) is 29.3 Å². The fourth-order valence-corrected chi connectivity index (χ4v) is 2.85. The molecule has 1 amide bonds. The van der Waals surface area contributed by atoms with E-state index in [4.69, 9.17) is 22.1 Å². The van der Waals surface area contributed by atoms with E-state index in [1.807, 2.05) is 45.0 Å². The van der Waals surface area contributed by atoms with Crippen LogP contribution in [0.3, 0.4) is 0 Å². The Morgan fingerprint density at radius 3 is 2.39 bits per heavy atom. The number of amides is 1. The van der Waals surface area contributed by atoms with Gasteiger partial charge in [-0.2, -0.15) is 0 Å². The molecule has 0 atom stereocenters. The molecule has 0 bridgehead atoms. The Hall–Kier alpha value is -1.42. The molecule has 1 aliphatic heterocycles.